The van der Waals surface area contributed by atoms with Crippen LogP contribution in [0, 0.1) is 6.92 Å². The van der Waals surface area contributed by atoms with E-state index in [2.05, 4.69) is 32.8 Å². The first kappa shape index (κ1) is 14.4. The Bertz CT molecular complexity index is 918. The van der Waals surface area contributed by atoms with Crippen LogP contribution in [0.15, 0.2) is 41.4 Å². The van der Waals surface area contributed by atoms with Gasteiger partial charge in [-0.1, -0.05) is 6.07 Å². The molecule has 116 valence electrons. The Morgan fingerprint density at radius 3 is 3.00 bits per heavy atom. The summed E-state index contributed by atoms with van der Waals surface area (Å²) in [5.41, 5.74) is 4.72. The lowest BCUT2D eigenvalue weighted by Gasteiger charge is -2.28. The minimum absolute atomic E-state index is 0.0216. The number of fused-ring (bicyclic) bond motifs is 2. The van der Waals surface area contributed by atoms with E-state index in [1.807, 2.05) is 33.8 Å². The Morgan fingerprint density at radius 2 is 2.13 bits per heavy atom. The first-order valence-electron chi connectivity index (χ1n) is 7.48. The van der Waals surface area contributed by atoms with E-state index in [0.29, 0.717) is 18.7 Å². The molecule has 3 aromatic rings. The molecule has 0 bridgehead atoms. The van der Waals surface area contributed by atoms with E-state index >= 15 is 0 Å². The van der Waals surface area contributed by atoms with Crippen molar-refractivity contribution in [2.75, 3.05) is 6.54 Å². The number of nitrogens with zero attached hydrogens (tertiary/aromatic N) is 4. The van der Waals surface area contributed by atoms with Crippen molar-refractivity contribution in [3.63, 3.8) is 0 Å². The summed E-state index contributed by atoms with van der Waals surface area (Å²) in [5.74, 6) is 0.0216. The Balaban J connectivity index is 1.62. The molecule has 23 heavy (non-hydrogen) atoms. The number of carbonyl (C=O) groups is 1. The summed E-state index contributed by atoms with van der Waals surface area (Å²) in [5, 5.41) is 0. The number of halogens is 1. The maximum absolute atomic E-state index is 12.7. The monoisotopic (exact) mass is 370 g/mol. The molecule has 0 saturated carbocycles. The minimum atomic E-state index is 0.0216. The lowest BCUT2D eigenvalue weighted by molar-refractivity contribution is 0.0724. The van der Waals surface area contributed by atoms with Crippen molar-refractivity contribution in [2.45, 2.75) is 19.9 Å². The molecule has 5 nitrogen and oxygen atoms in total. The molecule has 1 aliphatic heterocycles. The van der Waals surface area contributed by atoms with E-state index in [4.69, 9.17) is 0 Å². The van der Waals surface area contributed by atoms with Crippen molar-refractivity contribution < 1.29 is 4.79 Å². The molecule has 0 unspecified atom stereocenters. The first-order chi connectivity index (χ1) is 11.1. The molecule has 0 N–H and O–H groups in total. The molecule has 1 aliphatic rings. The van der Waals surface area contributed by atoms with E-state index in [0.717, 1.165) is 27.8 Å². The van der Waals surface area contributed by atoms with Gasteiger partial charge in [-0.2, -0.15) is 0 Å². The zero-order chi connectivity index (χ0) is 16.0. The summed E-state index contributed by atoms with van der Waals surface area (Å²) in [4.78, 5) is 23.2. The number of imidazole rings is 1. The van der Waals surface area contributed by atoms with Crippen LogP contribution in [-0.4, -0.2) is 31.7 Å². The van der Waals surface area contributed by atoms with E-state index in [1.54, 1.807) is 12.4 Å². The van der Waals surface area contributed by atoms with Crippen LogP contribution in [0.2, 0.25) is 0 Å². The lowest BCUT2D eigenvalue weighted by atomic mass is 10.0. The molecule has 0 aromatic carbocycles. The maximum atomic E-state index is 12.7. The van der Waals surface area contributed by atoms with Crippen LogP contribution in [0.25, 0.3) is 5.65 Å². The molecule has 0 spiro atoms. The Morgan fingerprint density at radius 1 is 1.26 bits per heavy atom. The molecule has 0 aliphatic carbocycles. The van der Waals surface area contributed by atoms with Crippen molar-refractivity contribution in [2.24, 2.45) is 0 Å². The van der Waals surface area contributed by atoms with Gasteiger partial charge in [0, 0.05) is 35.8 Å². The summed E-state index contributed by atoms with van der Waals surface area (Å²) >= 11 is 3.48. The van der Waals surface area contributed by atoms with Crippen molar-refractivity contribution in [1.29, 1.82) is 0 Å². The molecule has 0 saturated heterocycles. The molecule has 6 heteroatoms. The predicted molar refractivity (Wildman–Crippen MR) is 90.3 cm³/mol. The summed E-state index contributed by atoms with van der Waals surface area (Å²) in [6.07, 6.45) is 8.26. The summed E-state index contributed by atoms with van der Waals surface area (Å²) in [7, 11) is 0. The zero-order valence-corrected chi connectivity index (χ0v) is 14.2. The number of carbonyl (C=O) groups excluding carboxylic acids is 1. The second-order valence-corrected chi connectivity index (χ2v) is 6.68. The first-order valence-corrected chi connectivity index (χ1v) is 8.27. The van der Waals surface area contributed by atoms with Crippen LogP contribution in [0.4, 0.5) is 0 Å². The highest BCUT2D eigenvalue weighted by Crippen LogP contribution is 2.26. The van der Waals surface area contributed by atoms with Crippen LogP contribution in [-0.2, 0) is 13.0 Å². The molecule has 1 amide bonds. The van der Waals surface area contributed by atoms with Gasteiger partial charge in [0.15, 0.2) is 0 Å². The molecule has 0 atom stereocenters. The highest BCUT2D eigenvalue weighted by atomic mass is 79.9. The molecule has 4 heterocycles. The Hall–Kier alpha value is -2.21. The van der Waals surface area contributed by atoms with Crippen molar-refractivity contribution in [3.8, 4) is 0 Å². The zero-order valence-electron chi connectivity index (χ0n) is 12.7. The van der Waals surface area contributed by atoms with Gasteiger partial charge in [0.05, 0.1) is 17.8 Å². The SMILES string of the molecule is Cc1ccc2nc(CN3CCc4c(Br)cncc4C3=O)cn2c1. The quantitative estimate of drug-likeness (QED) is 0.696. The van der Waals surface area contributed by atoms with E-state index < -0.39 is 0 Å². The molecular weight excluding hydrogens is 356 g/mol. The normalized spacial score (nSPS) is 14.3. The standard InChI is InChI=1S/C17H15BrN4O/c1-11-2-3-16-20-12(10-22(16)8-11)9-21-5-4-13-14(17(21)23)6-19-7-15(13)18/h2-3,6-8,10H,4-5,9H2,1H3. The topological polar surface area (TPSA) is 50.5 Å². The van der Waals surface area contributed by atoms with Crippen LogP contribution in [0.3, 0.4) is 0 Å². The molecule has 0 fully saturated rings. The summed E-state index contributed by atoms with van der Waals surface area (Å²) < 4.78 is 2.91. The third-order valence-corrected chi connectivity index (χ3v) is 4.84. The lowest BCUT2D eigenvalue weighted by Crippen LogP contribution is -2.37. The number of hydrogen-bond donors (Lipinski definition) is 0. The number of pyridine rings is 2. The number of hydrogen-bond acceptors (Lipinski definition) is 3. The fourth-order valence-electron chi connectivity index (χ4n) is 3.00. The van der Waals surface area contributed by atoms with Crippen LogP contribution >= 0.6 is 15.9 Å². The third-order valence-electron chi connectivity index (χ3n) is 4.16. The molecule has 4 rings (SSSR count). The predicted octanol–water partition coefficient (Wildman–Crippen LogP) is 3.00. The Labute approximate surface area is 142 Å². The van der Waals surface area contributed by atoms with Gasteiger partial charge in [0.25, 0.3) is 5.91 Å². The smallest absolute Gasteiger partial charge is 0.256 e. The molecular formula is C17H15BrN4O. The van der Waals surface area contributed by atoms with Gasteiger partial charge < -0.3 is 9.30 Å². The average Bonchev–Trinajstić information content (AvgIpc) is 2.92. The maximum Gasteiger partial charge on any atom is 0.256 e. The highest BCUT2D eigenvalue weighted by molar-refractivity contribution is 9.10. The highest BCUT2D eigenvalue weighted by Gasteiger charge is 2.26. The average molecular weight is 371 g/mol. The summed E-state index contributed by atoms with van der Waals surface area (Å²) in [6, 6.07) is 4.03. The largest absolute Gasteiger partial charge is 0.332 e. The van der Waals surface area contributed by atoms with Gasteiger partial charge in [-0.15, -0.1) is 0 Å². The fraction of sp³-hybridized carbons (Fsp3) is 0.235. The van der Waals surface area contributed by atoms with Gasteiger partial charge in [0.1, 0.15) is 5.65 Å². The van der Waals surface area contributed by atoms with Gasteiger partial charge >= 0.3 is 0 Å². The van der Waals surface area contributed by atoms with Crippen molar-refractivity contribution in [3.05, 3.63) is 63.8 Å². The van der Waals surface area contributed by atoms with Crippen LogP contribution in [0.5, 0.6) is 0 Å². The minimum Gasteiger partial charge on any atom is -0.332 e. The van der Waals surface area contributed by atoms with Gasteiger partial charge in [0.2, 0.25) is 0 Å². The molecule has 0 radical (unpaired) electrons. The number of amides is 1. The Kier molecular flexibility index (Phi) is 3.41. The van der Waals surface area contributed by atoms with Crippen LogP contribution < -0.4 is 0 Å². The number of aromatic nitrogens is 3. The summed E-state index contributed by atoms with van der Waals surface area (Å²) in [6.45, 7) is 3.27. The van der Waals surface area contributed by atoms with Crippen molar-refractivity contribution in [1.82, 2.24) is 19.3 Å². The van der Waals surface area contributed by atoms with Gasteiger partial charge in [-0.05, 0) is 46.5 Å². The number of aryl methyl sites for hydroxylation is 1. The van der Waals surface area contributed by atoms with Crippen molar-refractivity contribution >= 4 is 27.5 Å². The molecule has 3 aromatic heterocycles. The third kappa shape index (κ3) is 2.53. The van der Waals surface area contributed by atoms with E-state index in [1.165, 1.54) is 5.56 Å². The second kappa shape index (κ2) is 5.45. The number of rotatable bonds is 2. The van der Waals surface area contributed by atoms with Crippen LogP contribution in [0.1, 0.15) is 27.2 Å². The second-order valence-electron chi connectivity index (χ2n) is 5.83. The van der Waals surface area contributed by atoms with E-state index in [-0.39, 0.29) is 5.91 Å². The van der Waals surface area contributed by atoms with Gasteiger partial charge in [-0.25, -0.2) is 4.98 Å². The van der Waals surface area contributed by atoms with Gasteiger partial charge in [-0.3, -0.25) is 9.78 Å². The van der Waals surface area contributed by atoms with E-state index in [9.17, 15) is 4.79 Å². The fourth-order valence-corrected chi connectivity index (χ4v) is 3.53.